The Morgan fingerprint density at radius 1 is 1.00 bits per heavy atom. The normalized spacial score (nSPS) is 42.5. The highest BCUT2D eigenvalue weighted by molar-refractivity contribution is 6.23. The van der Waals surface area contributed by atoms with Crippen LogP contribution in [-0.2, 0) is 14.3 Å². The largest absolute Gasteiger partial charge is 0.369 e. The summed E-state index contributed by atoms with van der Waals surface area (Å²) < 4.78 is 5.64. The third-order valence-electron chi connectivity index (χ3n) is 5.93. The molecule has 2 aliphatic carbocycles. The van der Waals surface area contributed by atoms with Crippen molar-refractivity contribution in [3.8, 4) is 0 Å². The molecule has 21 heavy (non-hydrogen) atoms. The minimum atomic E-state index is -0.134. The number of para-hydroxylation sites is 1. The number of fused-ring (bicyclic) bond motifs is 8. The first kappa shape index (κ1) is 11.9. The van der Waals surface area contributed by atoms with Crippen molar-refractivity contribution in [1.82, 2.24) is 0 Å². The summed E-state index contributed by atoms with van der Waals surface area (Å²) >= 11 is 0. The molecule has 4 heteroatoms. The minimum Gasteiger partial charge on any atom is -0.369 e. The lowest BCUT2D eigenvalue weighted by molar-refractivity contribution is -0.123. The van der Waals surface area contributed by atoms with Crippen LogP contribution in [0.3, 0.4) is 0 Å². The van der Waals surface area contributed by atoms with E-state index in [0.717, 1.165) is 23.2 Å². The number of nitrogens with zero attached hydrogens (tertiary/aromatic N) is 1. The van der Waals surface area contributed by atoms with Gasteiger partial charge in [-0.25, -0.2) is 4.90 Å². The van der Waals surface area contributed by atoms with Gasteiger partial charge in [0.05, 0.1) is 29.7 Å². The van der Waals surface area contributed by atoms with Crippen molar-refractivity contribution in [1.29, 1.82) is 0 Å². The van der Waals surface area contributed by atoms with Gasteiger partial charge < -0.3 is 4.74 Å². The zero-order valence-corrected chi connectivity index (χ0v) is 12.1. The van der Waals surface area contributed by atoms with Gasteiger partial charge in [0, 0.05) is 11.8 Å². The number of hydrogen-bond donors (Lipinski definition) is 0. The standard InChI is InChI=1S/C17H17NO3/c1-7-4-3-5-8(2)13(7)18-16(19)11-9-6-10(12(11)17(18)20)15-14(9)21-15/h3-5,9-12,14-15H,6H2,1-2H3/t9-,10+,11-,12+,14-,15+. The Balaban J connectivity index is 1.62. The molecule has 0 radical (unpaired) electrons. The number of imide groups is 1. The van der Waals surface area contributed by atoms with Gasteiger partial charge in [0.25, 0.3) is 0 Å². The first-order valence-corrected chi connectivity index (χ1v) is 7.69. The Labute approximate surface area is 123 Å². The zero-order chi connectivity index (χ0) is 14.5. The van der Waals surface area contributed by atoms with Gasteiger partial charge in [0.15, 0.2) is 0 Å². The number of epoxide rings is 1. The minimum absolute atomic E-state index is 0.00356. The summed E-state index contributed by atoms with van der Waals surface area (Å²) in [5, 5.41) is 0. The van der Waals surface area contributed by atoms with E-state index in [0.29, 0.717) is 0 Å². The highest BCUT2D eigenvalue weighted by Gasteiger charge is 2.73. The van der Waals surface area contributed by atoms with E-state index in [2.05, 4.69) is 0 Å². The molecule has 0 unspecified atom stereocenters. The number of carbonyl (C=O) groups is 2. The lowest BCUT2D eigenvalue weighted by Gasteiger charge is -2.21. The fourth-order valence-electron chi connectivity index (χ4n) is 5.10. The average Bonchev–Trinajstić information content (AvgIpc) is 2.97. The second-order valence-corrected chi connectivity index (χ2v) is 6.93. The highest BCUT2D eigenvalue weighted by Crippen LogP contribution is 2.64. The Bertz CT molecular complexity index is 645. The number of benzene rings is 1. The maximum atomic E-state index is 12.9. The maximum Gasteiger partial charge on any atom is 0.238 e. The molecule has 6 atom stereocenters. The monoisotopic (exact) mass is 283 g/mol. The molecule has 5 rings (SSSR count). The summed E-state index contributed by atoms with van der Waals surface area (Å²) in [5.74, 6) is 0.287. The summed E-state index contributed by atoms with van der Waals surface area (Å²) in [6.07, 6.45) is 1.51. The molecule has 108 valence electrons. The molecule has 2 aliphatic heterocycles. The van der Waals surface area contributed by atoms with E-state index in [4.69, 9.17) is 4.74 Å². The molecular formula is C17H17NO3. The maximum absolute atomic E-state index is 12.9. The third-order valence-corrected chi connectivity index (χ3v) is 5.93. The molecule has 2 amide bonds. The summed E-state index contributed by atoms with van der Waals surface area (Å²) in [7, 11) is 0. The molecule has 4 fully saturated rings. The van der Waals surface area contributed by atoms with Crippen molar-refractivity contribution in [2.24, 2.45) is 23.7 Å². The van der Waals surface area contributed by atoms with Gasteiger partial charge in [-0.05, 0) is 31.4 Å². The van der Waals surface area contributed by atoms with Crippen LogP contribution in [0.2, 0.25) is 0 Å². The van der Waals surface area contributed by atoms with Gasteiger partial charge in [-0.15, -0.1) is 0 Å². The Morgan fingerprint density at radius 2 is 1.52 bits per heavy atom. The molecule has 2 saturated heterocycles. The van der Waals surface area contributed by atoms with Gasteiger partial charge in [-0.1, -0.05) is 18.2 Å². The molecule has 4 nitrogen and oxygen atoms in total. The van der Waals surface area contributed by atoms with E-state index >= 15 is 0 Å². The van der Waals surface area contributed by atoms with Crippen molar-refractivity contribution in [2.75, 3.05) is 4.90 Å². The van der Waals surface area contributed by atoms with Crippen LogP contribution in [0.1, 0.15) is 17.5 Å². The zero-order valence-electron chi connectivity index (χ0n) is 12.1. The molecule has 0 aromatic heterocycles. The van der Waals surface area contributed by atoms with Crippen LogP contribution >= 0.6 is 0 Å². The predicted octanol–water partition coefficient (Wildman–Crippen LogP) is 1.83. The first-order valence-electron chi connectivity index (χ1n) is 7.69. The van der Waals surface area contributed by atoms with E-state index in [1.54, 1.807) is 0 Å². The van der Waals surface area contributed by atoms with Crippen LogP contribution in [0.25, 0.3) is 0 Å². The van der Waals surface area contributed by atoms with E-state index < -0.39 is 0 Å². The number of aryl methyl sites for hydroxylation is 2. The Hall–Kier alpha value is -1.68. The lowest BCUT2D eigenvalue weighted by atomic mass is 9.81. The van der Waals surface area contributed by atoms with Crippen LogP contribution in [0.4, 0.5) is 5.69 Å². The van der Waals surface area contributed by atoms with E-state index in [-0.39, 0.29) is 47.7 Å². The van der Waals surface area contributed by atoms with Crippen molar-refractivity contribution in [3.63, 3.8) is 0 Å². The smallest absolute Gasteiger partial charge is 0.238 e. The molecule has 2 saturated carbocycles. The highest BCUT2D eigenvalue weighted by atomic mass is 16.6. The van der Waals surface area contributed by atoms with Gasteiger partial charge in [-0.3, -0.25) is 9.59 Å². The number of hydrogen-bond acceptors (Lipinski definition) is 3. The second kappa shape index (κ2) is 3.55. The molecule has 0 N–H and O–H groups in total. The van der Waals surface area contributed by atoms with E-state index in [1.165, 1.54) is 4.90 Å². The third kappa shape index (κ3) is 1.26. The second-order valence-electron chi connectivity index (χ2n) is 6.93. The van der Waals surface area contributed by atoms with E-state index in [9.17, 15) is 9.59 Å². The number of amides is 2. The molecule has 2 heterocycles. The number of rotatable bonds is 1. The van der Waals surface area contributed by atoms with Crippen LogP contribution in [-0.4, -0.2) is 24.0 Å². The van der Waals surface area contributed by atoms with Crippen LogP contribution in [0.15, 0.2) is 18.2 Å². The first-order chi connectivity index (χ1) is 10.1. The van der Waals surface area contributed by atoms with Gasteiger partial charge in [0.2, 0.25) is 11.8 Å². The van der Waals surface area contributed by atoms with Gasteiger partial charge in [-0.2, -0.15) is 0 Å². The number of ether oxygens (including phenoxy) is 1. The quantitative estimate of drug-likeness (QED) is 0.583. The molecule has 4 aliphatic rings. The summed E-state index contributed by atoms with van der Waals surface area (Å²) in [6.45, 7) is 3.93. The Morgan fingerprint density at radius 3 is 2.05 bits per heavy atom. The topological polar surface area (TPSA) is 49.9 Å². The predicted molar refractivity (Wildman–Crippen MR) is 75.6 cm³/mol. The molecule has 0 spiro atoms. The molecule has 1 aromatic rings. The van der Waals surface area contributed by atoms with Crippen molar-refractivity contribution in [3.05, 3.63) is 29.3 Å². The van der Waals surface area contributed by atoms with Crippen LogP contribution < -0.4 is 4.90 Å². The van der Waals surface area contributed by atoms with E-state index in [1.807, 2.05) is 32.0 Å². The SMILES string of the molecule is Cc1cccc(C)c1N1C(=O)[C@@H]2[C@H]3C[C@H]([C@@H]4O[C@H]34)[C@@H]2C1=O. The number of carbonyl (C=O) groups excluding carboxylic acids is 2. The summed E-state index contributed by atoms with van der Waals surface area (Å²) in [6, 6.07) is 5.89. The summed E-state index contributed by atoms with van der Waals surface area (Å²) in [4.78, 5) is 27.3. The molecular weight excluding hydrogens is 266 g/mol. The van der Waals surface area contributed by atoms with Crippen molar-refractivity contribution < 1.29 is 14.3 Å². The van der Waals surface area contributed by atoms with Gasteiger partial charge in [0.1, 0.15) is 0 Å². The van der Waals surface area contributed by atoms with Crippen molar-refractivity contribution in [2.45, 2.75) is 32.5 Å². The fraction of sp³-hybridized carbons (Fsp3) is 0.529. The molecule has 2 bridgehead atoms. The van der Waals surface area contributed by atoms with Crippen molar-refractivity contribution >= 4 is 17.5 Å². The average molecular weight is 283 g/mol. The Kier molecular flexibility index (Phi) is 2.02. The van der Waals surface area contributed by atoms with Crippen LogP contribution in [0, 0.1) is 37.5 Å². The molecule has 1 aromatic carbocycles. The fourth-order valence-corrected chi connectivity index (χ4v) is 5.10. The summed E-state index contributed by atoms with van der Waals surface area (Å²) in [5.41, 5.74) is 2.78. The van der Waals surface area contributed by atoms with Gasteiger partial charge >= 0.3 is 0 Å². The lowest BCUT2D eigenvalue weighted by Crippen LogP contribution is -2.34. The number of anilines is 1. The van der Waals surface area contributed by atoms with Crippen LogP contribution in [0.5, 0.6) is 0 Å².